The van der Waals surface area contributed by atoms with E-state index in [2.05, 4.69) is 22.6 Å². The molecular formula is C16H30N2O7P2. The van der Waals surface area contributed by atoms with Gasteiger partial charge in [0.25, 0.3) is 15.0 Å². The van der Waals surface area contributed by atoms with E-state index < -0.39 is 39.1 Å². The highest BCUT2D eigenvalue weighted by molar-refractivity contribution is 7.69. The Labute approximate surface area is 161 Å². The molecule has 0 aromatic carbocycles. The molecule has 4 atom stereocenters. The minimum absolute atomic E-state index is 0.0397. The maximum absolute atomic E-state index is 13.3. The van der Waals surface area contributed by atoms with Gasteiger partial charge in [0, 0.05) is 26.4 Å². The first-order chi connectivity index (χ1) is 12.4. The smallest absolute Gasteiger partial charge is 0.323 e. The predicted molar refractivity (Wildman–Crippen MR) is 105 cm³/mol. The fraction of sp³-hybridized carbons (Fsp3) is 0.625. The maximum Gasteiger partial charge on any atom is 0.323 e. The number of hydrogen-bond acceptors (Lipinski definition) is 7. The van der Waals surface area contributed by atoms with Gasteiger partial charge in [-0.05, 0) is 13.8 Å². The third-order valence-electron chi connectivity index (χ3n) is 3.85. The van der Waals surface area contributed by atoms with Gasteiger partial charge in [0.2, 0.25) is 0 Å². The van der Waals surface area contributed by atoms with Crippen LogP contribution in [-0.2, 0) is 32.5 Å². The first-order valence-corrected chi connectivity index (χ1v) is 12.2. The monoisotopic (exact) mass is 424 g/mol. The van der Waals surface area contributed by atoms with Crippen molar-refractivity contribution in [3.05, 3.63) is 25.3 Å². The average molecular weight is 424 g/mol. The van der Waals surface area contributed by atoms with E-state index in [0.717, 1.165) is 0 Å². The molecule has 0 aliphatic rings. The largest absolute Gasteiger partial charge is 0.468 e. The molecule has 0 spiro atoms. The Morgan fingerprint density at radius 3 is 1.41 bits per heavy atom. The van der Waals surface area contributed by atoms with Crippen molar-refractivity contribution in [3.8, 4) is 0 Å². The molecular weight excluding hydrogens is 394 g/mol. The van der Waals surface area contributed by atoms with Gasteiger partial charge in [0.15, 0.2) is 0 Å². The molecule has 0 aliphatic carbocycles. The van der Waals surface area contributed by atoms with E-state index in [1.54, 1.807) is 0 Å². The first-order valence-electron chi connectivity index (χ1n) is 8.17. The Kier molecular flexibility index (Phi) is 10.4. The molecule has 0 fully saturated rings. The number of rotatable bonds is 12. The van der Waals surface area contributed by atoms with Crippen molar-refractivity contribution in [1.82, 2.24) is 9.34 Å². The summed E-state index contributed by atoms with van der Waals surface area (Å²) in [6.45, 7) is 12.7. The molecule has 0 aliphatic heterocycles. The van der Waals surface area contributed by atoms with Crippen molar-refractivity contribution in [1.29, 1.82) is 0 Å². The van der Waals surface area contributed by atoms with Crippen LogP contribution in [0.3, 0.4) is 0 Å². The van der Waals surface area contributed by atoms with Crippen LogP contribution in [0.4, 0.5) is 0 Å². The normalized spacial score (nSPS) is 18.1. The van der Waals surface area contributed by atoms with Crippen LogP contribution in [0.1, 0.15) is 13.8 Å². The van der Waals surface area contributed by atoms with Crippen molar-refractivity contribution in [2.75, 3.05) is 40.6 Å². The molecule has 0 N–H and O–H groups in total. The van der Waals surface area contributed by atoms with E-state index >= 15 is 0 Å². The fourth-order valence-corrected chi connectivity index (χ4v) is 7.74. The highest BCUT2D eigenvalue weighted by Gasteiger charge is 2.42. The highest BCUT2D eigenvalue weighted by atomic mass is 31.2. The SMILES string of the molecule is C=CCN([C@@H](C)C(=O)OC)[P@@](C)(=O)O[P@](C)(=O)N(CC=C)[C@@H](C)C(=O)OC. The second-order valence-corrected chi connectivity index (χ2v) is 10.8. The number of ether oxygens (including phenoxy) is 2. The third-order valence-corrected chi connectivity index (χ3v) is 9.16. The molecule has 0 unspecified atom stereocenters. The van der Waals surface area contributed by atoms with Crippen molar-refractivity contribution in [3.63, 3.8) is 0 Å². The average Bonchev–Trinajstić information content (AvgIpc) is 2.60. The summed E-state index contributed by atoms with van der Waals surface area (Å²) >= 11 is 0. The van der Waals surface area contributed by atoms with Crippen LogP contribution in [-0.4, -0.2) is 74.0 Å². The van der Waals surface area contributed by atoms with Crippen LogP contribution in [0.25, 0.3) is 0 Å². The Hall–Kier alpha value is -1.24. The van der Waals surface area contributed by atoms with Gasteiger partial charge in [-0.25, -0.2) is 13.7 Å². The number of nitrogens with zero attached hydrogens (tertiary/aromatic N) is 2. The number of carbonyl (C=O) groups is 2. The van der Waals surface area contributed by atoms with Crippen molar-refractivity contribution in [2.45, 2.75) is 25.9 Å². The van der Waals surface area contributed by atoms with Crippen LogP contribution in [0.2, 0.25) is 0 Å². The zero-order valence-corrected chi connectivity index (χ0v) is 18.6. The van der Waals surface area contributed by atoms with Gasteiger partial charge in [-0.3, -0.25) is 18.7 Å². The molecule has 27 heavy (non-hydrogen) atoms. The van der Waals surface area contributed by atoms with Gasteiger partial charge in [-0.15, -0.1) is 13.2 Å². The summed E-state index contributed by atoms with van der Waals surface area (Å²) in [7, 11) is -5.08. The lowest BCUT2D eigenvalue weighted by atomic mass is 10.3. The summed E-state index contributed by atoms with van der Waals surface area (Å²) in [5.41, 5.74) is 0. The fourth-order valence-electron chi connectivity index (χ4n) is 2.47. The highest BCUT2D eigenvalue weighted by Crippen LogP contribution is 2.64. The van der Waals surface area contributed by atoms with Gasteiger partial charge >= 0.3 is 11.9 Å². The molecule has 9 nitrogen and oxygen atoms in total. The standard InChI is InChI=1S/C16H30N2O7P2/c1-9-11-17(13(3)15(19)23-5)26(7,21)25-27(8,22)18(12-10-2)14(4)16(20)24-6/h9-10,13-14H,1-2,11-12H2,3-8H3/t13-,14-,26-,27-/m0/s1. The lowest BCUT2D eigenvalue weighted by Gasteiger charge is -2.37. The quantitative estimate of drug-likeness (QED) is 0.266. The second kappa shape index (κ2) is 10.9. The molecule has 11 heteroatoms. The van der Waals surface area contributed by atoms with Crippen LogP contribution in [0, 0.1) is 0 Å². The molecule has 0 saturated carbocycles. The molecule has 0 bridgehead atoms. The summed E-state index contributed by atoms with van der Waals surface area (Å²) in [6, 6.07) is -1.84. The Morgan fingerprint density at radius 1 is 0.889 bits per heavy atom. The van der Waals surface area contributed by atoms with Gasteiger partial charge in [0.05, 0.1) is 14.2 Å². The van der Waals surface area contributed by atoms with Crippen molar-refractivity contribution in [2.24, 2.45) is 0 Å². The van der Waals surface area contributed by atoms with E-state index in [4.69, 9.17) is 4.31 Å². The maximum atomic E-state index is 13.3. The molecule has 156 valence electrons. The topological polar surface area (TPSA) is 102 Å². The lowest BCUT2D eigenvalue weighted by molar-refractivity contribution is -0.145. The van der Waals surface area contributed by atoms with Crippen LogP contribution in [0.15, 0.2) is 25.3 Å². The van der Waals surface area contributed by atoms with E-state index in [-0.39, 0.29) is 13.1 Å². The summed E-state index contributed by atoms with van der Waals surface area (Å²) in [4.78, 5) is 23.8. The molecule has 0 amide bonds. The number of esters is 2. The summed E-state index contributed by atoms with van der Waals surface area (Å²) in [6.07, 6.45) is 2.89. The van der Waals surface area contributed by atoms with Gasteiger partial charge in [-0.1, -0.05) is 12.2 Å². The molecule has 0 aromatic rings. The third kappa shape index (κ3) is 7.01. The van der Waals surface area contributed by atoms with Crippen LogP contribution in [0.5, 0.6) is 0 Å². The molecule has 0 aromatic heterocycles. The van der Waals surface area contributed by atoms with E-state index in [1.165, 1.54) is 62.9 Å². The molecule has 0 saturated heterocycles. The zero-order chi connectivity index (χ0) is 21.4. The Morgan fingerprint density at radius 2 is 1.19 bits per heavy atom. The Bertz CT molecular complexity index is 599. The second-order valence-electron chi connectivity index (χ2n) is 5.91. The van der Waals surface area contributed by atoms with Crippen LogP contribution >= 0.6 is 15.0 Å². The van der Waals surface area contributed by atoms with Crippen molar-refractivity contribution < 1.29 is 32.5 Å². The number of carbonyl (C=O) groups excluding carboxylic acids is 2. The van der Waals surface area contributed by atoms with E-state index in [0.29, 0.717) is 0 Å². The predicted octanol–water partition coefficient (Wildman–Crippen LogP) is 2.75. The minimum Gasteiger partial charge on any atom is -0.468 e. The zero-order valence-electron chi connectivity index (χ0n) is 16.8. The molecule has 0 heterocycles. The number of hydrogen-bond donors (Lipinski definition) is 0. The first kappa shape index (κ1) is 25.8. The van der Waals surface area contributed by atoms with Crippen molar-refractivity contribution >= 4 is 27.0 Å². The van der Waals surface area contributed by atoms with Gasteiger partial charge < -0.3 is 9.47 Å². The summed E-state index contributed by atoms with van der Waals surface area (Å²) in [5, 5.41) is 0. The van der Waals surface area contributed by atoms with E-state index in [9.17, 15) is 18.7 Å². The van der Waals surface area contributed by atoms with Gasteiger partial charge in [-0.2, -0.15) is 0 Å². The molecule has 0 rings (SSSR count). The lowest BCUT2D eigenvalue weighted by Crippen LogP contribution is -2.40. The molecule has 0 radical (unpaired) electrons. The van der Waals surface area contributed by atoms with Crippen LogP contribution < -0.4 is 0 Å². The summed E-state index contributed by atoms with van der Waals surface area (Å²) in [5.74, 6) is -1.25. The van der Waals surface area contributed by atoms with E-state index in [1.807, 2.05) is 0 Å². The van der Waals surface area contributed by atoms with Gasteiger partial charge in [0.1, 0.15) is 12.1 Å². The minimum atomic E-state index is -3.75. The number of methoxy groups -OCH3 is 2. The summed E-state index contributed by atoms with van der Waals surface area (Å²) < 4.78 is 43.9. The Balaban J connectivity index is 5.84.